The number of nitrogens with one attached hydrogen (secondary N) is 1. The number of carbonyl (C=O) groups excluding carboxylic acids is 1. The maximum Gasteiger partial charge on any atom is 0.472 e. The molecule has 1 amide bonds. The van der Waals surface area contributed by atoms with Crippen molar-refractivity contribution < 1.29 is 32.9 Å². The van der Waals surface area contributed by atoms with Crippen molar-refractivity contribution in [1.82, 2.24) is 5.32 Å². The quantitative estimate of drug-likeness (QED) is 0.0298. The molecule has 8 nitrogen and oxygen atoms in total. The second kappa shape index (κ2) is 28.9. The smallest absolute Gasteiger partial charge is 0.387 e. The van der Waals surface area contributed by atoms with Crippen LogP contribution in [-0.2, 0) is 18.4 Å². The molecule has 0 fully saturated rings. The molecule has 0 aliphatic rings. The number of hydrogen-bond acceptors (Lipinski definition) is 5. The fraction of sp³-hybridized carbons (Fsp3) is 0.806. The van der Waals surface area contributed by atoms with Crippen LogP contribution < -0.4 is 5.32 Å². The van der Waals surface area contributed by atoms with Gasteiger partial charge in [0.2, 0.25) is 5.91 Å². The molecule has 0 radical (unpaired) electrons. The van der Waals surface area contributed by atoms with E-state index >= 15 is 0 Å². The van der Waals surface area contributed by atoms with Crippen LogP contribution in [0.4, 0.5) is 0 Å². The third-order valence-electron chi connectivity index (χ3n) is 7.59. The molecule has 3 N–H and O–H groups in total. The van der Waals surface area contributed by atoms with Gasteiger partial charge in [0.15, 0.2) is 0 Å². The summed E-state index contributed by atoms with van der Waals surface area (Å²) in [6.07, 6.45) is 33.3. The summed E-state index contributed by atoms with van der Waals surface area (Å²) in [5.74, 6) is -0.229. The average Bonchev–Trinajstić information content (AvgIpc) is 2.98. The fourth-order valence-electron chi connectivity index (χ4n) is 4.64. The largest absolute Gasteiger partial charge is 0.472 e. The summed E-state index contributed by atoms with van der Waals surface area (Å²) >= 11 is 0. The van der Waals surface area contributed by atoms with Gasteiger partial charge in [-0.25, -0.2) is 4.57 Å². The normalized spacial score (nSPS) is 15.3. The van der Waals surface area contributed by atoms with Crippen LogP contribution in [0.1, 0.15) is 136 Å². The highest BCUT2D eigenvalue weighted by Crippen LogP contribution is 2.43. The number of nitrogens with zero attached hydrogens (tertiary/aromatic N) is 1. The number of amides is 1. The maximum atomic E-state index is 12.3. The zero-order chi connectivity index (χ0) is 33.7. The summed E-state index contributed by atoms with van der Waals surface area (Å²) in [5.41, 5.74) is 0. The van der Waals surface area contributed by atoms with E-state index < -0.39 is 20.0 Å². The minimum absolute atomic E-state index is 0.0521. The van der Waals surface area contributed by atoms with Gasteiger partial charge in [-0.3, -0.25) is 13.8 Å². The van der Waals surface area contributed by atoms with Gasteiger partial charge in [0.05, 0.1) is 39.9 Å². The van der Waals surface area contributed by atoms with Gasteiger partial charge >= 0.3 is 7.82 Å². The molecule has 9 heteroatoms. The number of carbonyl (C=O) groups is 1. The van der Waals surface area contributed by atoms with Crippen molar-refractivity contribution in [2.45, 2.75) is 148 Å². The number of quaternary nitrogens is 1. The summed E-state index contributed by atoms with van der Waals surface area (Å²) < 4.78 is 23.1. The Labute approximate surface area is 276 Å². The topological polar surface area (TPSA) is 105 Å². The lowest BCUT2D eigenvalue weighted by Gasteiger charge is -2.25. The minimum Gasteiger partial charge on any atom is -0.387 e. The zero-order valence-electron chi connectivity index (χ0n) is 29.6. The molecule has 0 aromatic carbocycles. The van der Waals surface area contributed by atoms with E-state index in [4.69, 9.17) is 9.05 Å². The van der Waals surface area contributed by atoms with Gasteiger partial charge in [-0.15, -0.1) is 0 Å². The highest BCUT2D eigenvalue weighted by Gasteiger charge is 2.27. The van der Waals surface area contributed by atoms with Crippen molar-refractivity contribution in [3.8, 4) is 0 Å². The molecule has 3 unspecified atom stereocenters. The molecule has 45 heavy (non-hydrogen) atoms. The molecule has 0 heterocycles. The summed E-state index contributed by atoms with van der Waals surface area (Å²) in [7, 11) is 1.53. The number of phosphoric ester groups is 1. The van der Waals surface area contributed by atoms with Crippen molar-refractivity contribution in [1.29, 1.82) is 0 Å². The van der Waals surface area contributed by atoms with Crippen molar-refractivity contribution in [2.75, 3.05) is 40.9 Å². The van der Waals surface area contributed by atoms with Gasteiger partial charge in [0.1, 0.15) is 13.2 Å². The SMILES string of the molecule is CCCCCCCCCCCCC/C=C/CC/C=C/CC/C=C/C(O)C(COP(=O)(O)OCC[N+](C)(C)C)NC(=O)CCCC. The van der Waals surface area contributed by atoms with Gasteiger partial charge in [0.25, 0.3) is 0 Å². The van der Waals surface area contributed by atoms with Gasteiger partial charge < -0.3 is 19.8 Å². The van der Waals surface area contributed by atoms with Crippen LogP contribution in [0.3, 0.4) is 0 Å². The molecule has 0 aliphatic heterocycles. The highest BCUT2D eigenvalue weighted by molar-refractivity contribution is 7.47. The predicted octanol–water partition coefficient (Wildman–Crippen LogP) is 8.79. The third kappa shape index (κ3) is 31.1. The van der Waals surface area contributed by atoms with E-state index in [1.54, 1.807) is 6.08 Å². The maximum absolute atomic E-state index is 12.3. The van der Waals surface area contributed by atoms with E-state index in [0.717, 1.165) is 38.5 Å². The second-order valence-electron chi connectivity index (χ2n) is 13.2. The van der Waals surface area contributed by atoms with Crippen LogP contribution in [0.2, 0.25) is 0 Å². The van der Waals surface area contributed by atoms with E-state index in [0.29, 0.717) is 17.4 Å². The summed E-state index contributed by atoms with van der Waals surface area (Å²) in [5, 5.41) is 13.4. The zero-order valence-corrected chi connectivity index (χ0v) is 30.5. The first-order valence-corrected chi connectivity index (χ1v) is 19.4. The number of aliphatic hydroxyl groups excluding tert-OH is 1. The number of rotatable bonds is 31. The number of likely N-dealkylation sites (N-methyl/N-ethyl adjacent to an activating group) is 1. The molecular weight excluding hydrogens is 587 g/mol. The van der Waals surface area contributed by atoms with Gasteiger partial charge in [-0.05, 0) is 44.9 Å². The first-order valence-electron chi connectivity index (χ1n) is 17.9. The van der Waals surface area contributed by atoms with Crippen LogP contribution in [0.25, 0.3) is 0 Å². The Bertz CT molecular complexity index is 840. The molecule has 264 valence electrons. The van der Waals surface area contributed by atoms with Crippen molar-refractivity contribution in [3.63, 3.8) is 0 Å². The van der Waals surface area contributed by atoms with E-state index in [-0.39, 0.29) is 19.1 Å². The molecule has 0 aliphatic carbocycles. The number of unbranched alkanes of at least 4 members (excludes halogenated alkanes) is 14. The van der Waals surface area contributed by atoms with Gasteiger partial charge in [-0.2, -0.15) is 0 Å². The molecule has 0 aromatic heterocycles. The summed E-state index contributed by atoms with van der Waals surface area (Å²) in [6.45, 7) is 4.51. The van der Waals surface area contributed by atoms with E-state index in [1.807, 2.05) is 34.1 Å². The van der Waals surface area contributed by atoms with Crippen molar-refractivity contribution in [3.05, 3.63) is 36.5 Å². The molecule has 0 rings (SSSR count). The Kier molecular flexibility index (Phi) is 28.1. The standard InChI is InChI=1S/C36H69N2O6P/c1-6-8-10-11-12-13-14-15-16-17-18-19-20-21-22-23-24-25-26-27-28-29-35(39)34(37-36(40)30-9-7-2)33-44-45(41,42)43-32-31-38(3,4)5/h20-21,24-25,28-29,34-35,39H,6-19,22-23,26-27,30-33H2,1-5H3,(H-,37,40,41,42)/p+1/b21-20+,25-24+,29-28+. The van der Waals surface area contributed by atoms with Crippen molar-refractivity contribution in [2.24, 2.45) is 0 Å². The monoisotopic (exact) mass is 657 g/mol. The molecule has 0 aromatic rings. The Hall–Kier alpha value is -1.28. The third-order valence-corrected chi connectivity index (χ3v) is 8.57. The first kappa shape index (κ1) is 43.7. The number of allylic oxidation sites excluding steroid dienone is 5. The minimum atomic E-state index is -4.32. The Morgan fingerprint density at radius 1 is 0.733 bits per heavy atom. The van der Waals surface area contributed by atoms with E-state index in [9.17, 15) is 19.4 Å². The van der Waals surface area contributed by atoms with E-state index in [1.165, 1.54) is 77.0 Å². The lowest BCUT2D eigenvalue weighted by atomic mass is 10.1. The molecule has 0 saturated heterocycles. The van der Waals surface area contributed by atoms with Crippen LogP contribution >= 0.6 is 7.82 Å². The summed E-state index contributed by atoms with van der Waals surface area (Å²) in [6, 6.07) is -0.861. The van der Waals surface area contributed by atoms with Gasteiger partial charge in [-0.1, -0.05) is 121 Å². The lowest BCUT2D eigenvalue weighted by Crippen LogP contribution is -2.45. The second-order valence-corrected chi connectivity index (χ2v) is 14.7. The van der Waals surface area contributed by atoms with E-state index in [2.05, 4.69) is 36.5 Å². The first-order chi connectivity index (χ1) is 21.5. The average molecular weight is 658 g/mol. The van der Waals surface area contributed by atoms with Crippen LogP contribution in [0.5, 0.6) is 0 Å². The Morgan fingerprint density at radius 3 is 1.76 bits per heavy atom. The predicted molar refractivity (Wildman–Crippen MR) is 189 cm³/mol. The summed E-state index contributed by atoms with van der Waals surface area (Å²) in [4.78, 5) is 22.4. The van der Waals surface area contributed by atoms with Crippen LogP contribution in [-0.4, -0.2) is 73.4 Å². The highest BCUT2D eigenvalue weighted by atomic mass is 31.2. The van der Waals surface area contributed by atoms with Crippen molar-refractivity contribution >= 4 is 13.7 Å². The van der Waals surface area contributed by atoms with Crippen LogP contribution in [0.15, 0.2) is 36.5 Å². The lowest BCUT2D eigenvalue weighted by molar-refractivity contribution is -0.870. The van der Waals surface area contributed by atoms with Crippen LogP contribution in [0, 0.1) is 0 Å². The Morgan fingerprint density at radius 2 is 1.22 bits per heavy atom. The van der Waals surface area contributed by atoms with Gasteiger partial charge in [0, 0.05) is 6.42 Å². The fourth-order valence-corrected chi connectivity index (χ4v) is 5.37. The molecular formula is C36H70N2O6P+. The number of phosphoric acid groups is 1. The molecule has 0 bridgehead atoms. The Balaban J connectivity index is 4.23. The molecule has 0 spiro atoms. The molecule has 0 saturated carbocycles. The molecule has 3 atom stereocenters. The number of aliphatic hydroxyl groups is 1. The number of hydrogen-bond donors (Lipinski definition) is 3.